The van der Waals surface area contributed by atoms with Crippen LogP contribution in [0.15, 0.2) is 71.8 Å². The van der Waals surface area contributed by atoms with E-state index in [1.54, 1.807) is 7.11 Å². The van der Waals surface area contributed by atoms with E-state index in [0.717, 1.165) is 68.3 Å². The fourth-order valence-electron chi connectivity index (χ4n) is 11.4. The summed E-state index contributed by atoms with van der Waals surface area (Å²) in [6.07, 6.45) is 23.5. The predicted octanol–water partition coefficient (Wildman–Crippen LogP) is 8.63. The quantitative estimate of drug-likeness (QED) is 0.141. The highest BCUT2D eigenvalue weighted by molar-refractivity contribution is 6.18. The summed E-state index contributed by atoms with van der Waals surface area (Å²) in [6, 6.07) is 14.9. The van der Waals surface area contributed by atoms with Crippen LogP contribution in [-0.2, 0) is 9.53 Å². The highest BCUT2D eigenvalue weighted by Crippen LogP contribution is 2.63. The molecule has 6 atom stereocenters. The molecule has 0 aromatic heterocycles. The van der Waals surface area contributed by atoms with Crippen LogP contribution in [0, 0.1) is 18.3 Å². The molecule has 3 heterocycles. The largest absolute Gasteiger partial charge is 0.495 e. The van der Waals surface area contributed by atoms with E-state index in [-0.39, 0.29) is 30.2 Å². The summed E-state index contributed by atoms with van der Waals surface area (Å²) in [5.74, 6) is 1.11. The molecular weight excluding hydrogens is 753 g/mol. The third kappa shape index (κ3) is 9.33. The number of ether oxygens (including phenoxy) is 3. The van der Waals surface area contributed by atoms with Gasteiger partial charge >= 0.3 is 6.09 Å². The molecule has 0 bridgehead atoms. The van der Waals surface area contributed by atoms with E-state index in [1.807, 2.05) is 85.5 Å². The molecule has 11 heteroatoms. The van der Waals surface area contributed by atoms with E-state index < -0.39 is 0 Å². The maximum absolute atomic E-state index is 13.9. The molecule has 3 aliphatic heterocycles. The molecular formula is C49H68N6O5. The summed E-state index contributed by atoms with van der Waals surface area (Å²) in [4.78, 5) is 41.8. The van der Waals surface area contributed by atoms with Gasteiger partial charge in [0.25, 0.3) is 0 Å². The number of nitrogens with zero attached hydrogens (tertiary/aromatic N) is 5. The average Bonchev–Trinajstić information content (AvgIpc) is 3.77. The number of benzene rings is 2. The van der Waals surface area contributed by atoms with Gasteiger partial charge in [-0.15, -0.1) is 0 Å². The maximum atomic E-state index is 13.9. The number of anilines is 2. The van der Waals surface area contributed by atoms with Crippen molar-refractivity contribution in [1.29, 1.82) is 0 Å². The monoisotopic (exact) mass is 821 g/mol. The standard InChI is InChI=1S/C49H68N6O5/c1-4-59-43-21-14-13-20-41(43)55-46(50-39-19-12-11-18-38(39)47(55)56)35-53-30-28-52(29-31-53)26-15-9-7-5-6-8-10-16-27-54-44-22-17-25-49(44)34-37(33-45(49)54)60-48(57)51-40-32-36(2)23-24-42(40)58-3/h11-14,18-21,23-24,32,37-38,44-46H,4-10,15-17,22,25-31,33-35H2,1-3H3,(H,51,57). The van der Waals surface area contributed by atoms with E-state index in [2.05, 4.69) is 20.0 Å². The van der Waals surface area contributed by atoms with Crippen LogP contribution in [-0.4, -0.2) is 116 Å². The minimum atomic E-state index is -0.371. The van der Waals surface area contributed by atoms with Gasteiger partial charge in [0.15, 0.2) is 0 Å². The minimum Gasteiger partial charge on any atom is -0.495 e. The van der Waals surface area contributed by atoms with Crippen molar-refractivity contribution in [3.05, 3.63) is 72.3 Å². The van der Waals surface area contributed by atoms with Crippen LogP contribution in [0.4, 0.5) is 16.2 Å². The molecule has 2 saturated carbocycles. The van der Waals surface area contributed by atoms with Crippen LogP contribution < -0.4 is 19.7 Å². The molecule has 1 N–H and O–H groups in total. The van der Waals surface area contributed by atoms with E-state index in [4.69, 9.17) is 19.2 Å². The molecule has 3 aliphatic carbocycles. The minimum absolute atomic E-state index is 0.0153. The number of nitrogens with one attached hydrogen (secondary N) is 1. The van der Waals surface area contributed by atoms with E-state index in [0.29, 0.717) is 35.5 Å². The third-order valence-corrected chi connectivity index (χ3v) is 14.3. The number of hydrogen-bond donors (Lipinski definition) is 1. The number of likely N-dealkylation sites (tertiary alicyclic amines) is 1. The number of piperazine rings is 1. The number of aryl methyl sites for hydroxylation is 1. The molecule has 11 nitrogen and oxygen atoms in total. The summed E-state index contributed by atoms with van der Waals surface area (Å²) in [7, 11) is 1.62. The van der Waals surface area contributed by atoms with E-state index in [1.165, 1.54) is 83.7 Å². The zero-order chi connectivity index (χ0) is 41.5. The van der Waals surface area contributed by atoms with Gasteiger partial charge in [0.1, 0.15) is 23.8 Å². The van der Waals surface area contributed by atoms with Gasteiger partial charge in [0.05, 0.1) is 36.7 Å². The Bertz CT molecular complexity index is 1890. The normalized spacial score (nSPS) is 27.5. The predicted molar refractivity (Wildman–Crippen MR) is 239 cm³/mol. The number of para-hydroxylation sites is 2. The van der Waals surface area contributed by atoms with Crippen molar-refractivity contribution < 1.29 is 23.8 Å². The zero-order valence-electron chi connectivity index (χ0n) is 36.4. The van der Waals surface area contributed by atoms with Crippen LogP contribution in [0.2, 0.25) is 0 Å². The molecule has 6 aliphatic rings. The van der Waals surface area contributed by atoms with Crippen molar-refractivity contribution in [3.8, 4) is 11.5 Å². The van der Waals surface area contributed by atoms with Gasteiger partial charge < -0.3 is 19.1 Å². The molecule has 1 spiro atoms. The number of rotatable bonds is 19. The fraction of sp³-hybridized carbons (Fsp3) is 0.612. The lowest BCUT2D eigenvalue weighted by atomic mass is 9.68. The second-order valence-corrected chi connectivity index (χ2v) is 18.0. The number of methoxy groups -OCH3 is 1. The summed E-state index contributed by atoms with van der Waals surface area (Å²) >= 11 is 0. The Morgan fingerprint density at radius 2 is 1.65 bits per heavy atom. The Hall–Kier alpha value is -4.19. The number of carbonyl (C=O) groups excluding carboxylic acids is 2. The van der Waals surface area contributed by atoms with Gasteiger partial charge in [0.2, 0.25) is 5.91 Å². The molecule has 2 saturated heterocycles. The van der Waals surface area contributed by atoms with Gasteiger partial charge in [-0.1, -0.05) is 81.4 Å². The fourth-order valence-corrected chi connectivity index (χ4v) is 11.4. The third-order valence-electron chi connectivity index (χ3n) is 14.3. The van der Waals surface area contributed by atoms with Gasteiger partial charge in [-0.2, -0.15) is 0 Å². The second kappa shape index (κ2) is 19.7. The van der Waals surface area contributed by atoms with Crippen LogP contribution >= 0.6 is 0 Å². The second-order valence-electron chi connectivity index (χ2n) is 18.0. The molecule has 4 fully saturated rings. The Balaban J connectivity index is 0.693. The molecule has 6 unspecified atom stereocenters. The number of hydrogen-bond acceptors (Lipinski definition) is 9. The lowest BCUT2D eigenvalue weighted by molar-refractivity contribution is -0.120. The molecule has 324 valence electrons. The van der Waals surface area contributed by atoms with E-state index >= 15 is 0 Å². The lowest BCUT2D eigenvalue weighted by Crippen LogP contribution is -2.66. The molecule has 60 heavy (non-hydrogen) atoms. The summed E-state index contributed by atoms with van der Waals surface area (Å²) in [6.45, 7) is 11.7. The number of amides is 2. The van der Waals surface area contributed by atoms with Crippen molar-refractivity contribution in [2.24, 2.45) is 16.3 Å². The molecule has 2 aromatic rings. The molecule has 8 rings (SSSR count). The van der Waals surface area contributed by atoms with Crippen LogP contribution in [0.1, 0.15) is 96.0 Å². The van der Waals surface area contributed by atoms with Crippen LogP contribution in [0.3, 0.4) is 0 Å². The molecule has 0 radical (unpaired) electrons. The Morgan fingerprint density at radius 3 is 2.43 bits per heavy atom. The van der Waals surface area contributed by atoms with Gasteiger partial charge in [-0.25, -0.2) is 4.79 Å². The van der Waals surface area contributed by atoms with Gasteiger partial charge in [-0.3, -0.25) is 29.8 Å². The number of unbranched alkanes of at least 4 members (excludes halogenated alkanes) is 7. The first-order valence-electron chi connectivity index (χ1n) is 23.2. The highest BCUT2D eigenvalue weighted by Gasteiger charge is 2.66. The highest BCUT2D eigenvalue weighted by atomic mass is 16.6. The van der Waals surface area contributed by atoms with Crippen molar-refractivity contribution in [2.45, 2.75) is 122 Å². The van der Waals surface area contributed by atoms with Crippen molar-refractivity contribution in [1.82, 2.24) is 14.7 Å². The topological polar surface area (TPSA) is 99.2 Å². The molecule has 2 aromatic carbocycles. The van der Waals surface area contributed by atoms with E-state index in [9.17, 15) is 9.59 Å². The van der Waals surface area contributed by atoms with Crippen molar-refractivity contribution >= 4 is 29.1 Å². The summed E-state index contributed by atoms with van der Waals surface area (Å²) < 4.78 is 17.4. The van der Waals surface area contributed by atoms with Gasteiger partial charge in [-0.05, 0) is 94.9 Å². The lowest BCUT2D eigenvalue weighted by Gasteiger charge is -2.58. The Labute approximate surface area is 358 Å². The number of allylic oxidation sites excluding steroid dienone is 3. The first kappa shape index (κ1) is 42.5. The zero-order valence-corrected chi connectivity index (χ0v) is 36.4. The van der Waals surface area contributed by atoms with Crippen LogP contribution in [0.5, 0.6) is 11.5 Å². The summed E-state index contributed by atoms with van der Waals surface area (Å²) in [5.41, 5.74) is 3.76. The smallest absolute Gasteiger partial charge is 0.412 e. The number of carbonyl (C=O) groups is 2. The van der Waals surface area contributed by atoms with Gasteiger partial charge in [0, 0.05) is 56.6 Å². The summed E-state index contributed by atoms with van der Waals surface area (Å²) in [5, 5.41) is 2.94. The first-order valence-corrected chi connectivity index (χ1v) is 23.2. The van der Waals surface area contributed by atoms with Crippen molar-refractivity contribution in [3.63, 3.8) is 0 Å². The SMILES string of the molecule is CCOc1ccccc1N1C(=O)C2C=CC=CC2=NC1CN1CCN(CCCCCCCCCCN2C3CCCC34CC(OC(=O)Nc3cc(C)ccc3OC)CC24)CC1. The Kier molecular flexibility index (Phi) is 13.9. The van der Waals surface area contributed by atoms with Crippen LogP contribution in [0.25, 0.3) is 0 Å². The number of fused-ring (bicyclic) bond motifs is 1. The maximum Gasteiger partial charge on any atom is 0.412 e. The number of aliphatic imine (C=N–C) groups is 1. The molecule has 2 amide bonds. The van der Waals surface area contributed by atoms with Crippen molar-refractivity contribution in [2.75, 3.05) is 69.7 Å². The first-order chi connectivity index (χ1) is 29.4. The average molecular weight is 821 g/mol. The Morgan fingerprint density at radius 1 is 0.900 bits per heavy atom.